The SMILES string of the molecule is COCCNc1cc(Br)cc(C#N)c1. The molecule has 0 saturated heterocycles. The predicted octanol–water partition coefficient (Wildman–Crippen LogP) is 2.38. The standard InChI is InChI=1S/C10H11BrN2O/c1-14-3-2-13-10-5-8(7-12)4-9(11)6-10/h4-6,13H,2-3H2,1H3. The van der Waals surface area contributed by atoms with E-state index in [1.54, 1.807) is 19.2 Å². The lowest BCUT2D eigenvalue weighted by Gasteiger charge is -2.06. The van der Waals surface area contributed by atoms with Gasteiger partial charge in [0.05, 0.1) is 18.2 Å². The van der Waals surface area contributed by atoms with E-state index in [1.807, 2.05) is 6.07 Å². The van der Waals surface area contributed by atoms with Crippen molar-refractivity contribution in [1.82, 2.24) is 0 Å². The van der Waals surface area contributed by atoms with Crippen LogP contribution in [0.25, 0.3) is 0 Å². The second-order valence-electron chi connectivity index (χ2n) is 2.76. The summed E-state index contributed by atoms with van der Waals surface area (Å²) in [6, 6.07) is 7.61. The molecule has 0 bridgehead atoms. The van der Waals surface area contributed by atoms with Crippen LogP contribution >= 0.6 is 15.9 Å². The summed E-state index contributed by atoms with van der Waals surface area (Å²) < 4.78 is 5.81. The number of hydrogen-bond donors (Lipinski definition) is 1. The maximum Gasteiger partial charge on any atom is 0.0992 e. The maximum absolute atomic E-state index is 8.73. The van der Waals surface area contributed by atoms with Gasteiger partial charge >= 0.3 is 0 Å². The lowest BCUT2D eigenvalue weighted by Crippen LogP contribution is -2.07. The molecule has 0 aromatic heterocycles. The van der Waals surface area contributed by atoms with E-state index in [0.717, 1.165) is 16.7 Å². The van der Waals surface area contributed by atoms with Gasteiger partial charge in [-0.1, -0.05) is 15.9 Å². The number of ether oxygens (including phenoxy) is 1. The average Bonchev–Trinajstić information content (AvgIpc) is 2.17. The first-order valence-electron chi connectivity index (χ1n) is 4.20. The first-order chi connectivity index (χ1) is 6.76. The van der Waals surface area contributed by atoms with Gasteiger partial charge in [-0.15, -0.1) is 0 Å². The van der Waals surface area contributed by atoms with Gasteiger partial charge in [-0.3, -0.25) is 0 Å². The van der Waals surface area contributed by atoms with Crippen LogP contribution in [0.3, 0.4) is 0 Å². The molecule has 3 nitrogen and oxygen atoms in total. The van der Waals surface area contributed by atoms with Crippen LogP contribution in [0.5, 0.6) is 0 Å². The molecule has 0 unspecified atom stereocenters. The second-order valence-corrected chi connectivity index (χ2v) is 3.68. The molecule has 74 valence electrons. The van der Waals surface area contributed by atoms with Crippen LogP contribution in [0.4, 0.5) is 5.69 Å². The molecule has 0 aliphatic carbocycles. The molecule has 1 N–H and O–H groups in total. The number of nitrogens with zero attached hydrogens (tertiary/aromatic N) is 1. The Morgan fingerprint density at radius 2 is 2.29 bits per heavy atom. The van der Waals surface area contributed by atoms with Crippen LogP contribution in [0, 0.1) is 11.3 Å². The van der Waals surface area contributed by atoms with E-state index in [9.17, 15) is 0 Å². The minimum absolute atomic E-state index is 0.638. The molecular formula is C10H11BrN2O. The van der Waals surface area contributed by atoms with Crippen molar-refractivity contribution in [2.24, 2.45) is 0 Å². The highest BCUT2D eigenvalue weighted by Crippen LogP contribution is 2.18. The van der Waals surface area contributed by atoms with Gasteiger partial charge in [-0.2, -0.15) is 5.26 Å². The van der Waals surface area contributed by atoms with Gasteiger partial charge in [0.25, 0.3) is 0 Å². The van der Waals surface area contributed by atoms with Crippen LogP contribution in [0.2, 0.25) is 0 Å². The Morgan fingerprint density at radius 3 is 2.93 bits per heavy atom. The summed E-state index contributed by atoms with van der Waals surface area (Å²) in [5.41, 5.74) is 1.56. The van der Waals surface area contributed by atoms with Crippen molar-refractivity contribution in [3.05, 3.63) is 28.2 Å². The smallest absolute Gasteiger partial charge is 0.0992 e. The third kappa shape index (κ3) is 3.36. The average molecular weight is 255 g/mol. The first-order valence-corrected chi connectivity index (χ1v) is 4.99. The monoisotopic (exact) mass is 254 g/mol. The van der Waals surface area contributed by atoms with E-state index in [1.165, 1.54) is 0 Å². The molecular weight excluding hydrogens is 244 g/mol. The summed E-state index contributed by atoms with van der Waals surface area (Å²) in [4.78, 5) is 0. The minimum Gasteiger partial charge on any atom is -0.383 e. The molecule has 0 saturated carbocycles. The van der Waals surface area contributed by atoms with Gasteiger partial charge in [-0.25, -0.2) is 0 Å². The van der Waals surface area contributed by atoms with Crippen molar-refractivity contribution in [3.8, 4) is 6.07 Å². The van der Waals surface area contributed by atoms with E-state index in [4.69, 9.17) is 10.00 Å². The van der Waals surface area contributed by atoms with Gasteiger partial charge < -0.3 is 10.1 Å². The summed E-state index contributed by atoms with van der Waals surface area (Å²) in [7, 11) is 1.66. The lowest BCUT2D eigenvalue weighted by atomic mass is 10.2. The molecule has 0 radical (unpaired) electrons. The molecule has 14 heavy (non-hydrogen) atoms. The lowest BCUT2D eigenvalue weighted by molar-refractivity contribution is 0.211. The molecule has 1 rings (SSSR count). The van der Waals surface area contributed by atoms with Crippen molar-refractivity contribution < 1.29 is 4.74 Å². The highest BCUT2D eigenvalue weighted by Gasteiger charge is 1.97. The highest BCUT2D eigenvalue weighted by molar-refractivity contribution is 9.10. The summed E-state index contributed by atoms with van der Waals surface area (Å²) in [6.07, 6.45) is 0. The molecule has 0 fully saturated rings. The van der Waals surface area contributed by atoms with Crippen LogP contribution in [-0.4, -0.2) is 20.3 Å². The van der Waals surface area contributed by atoms with Crippen LogP contribution < -0.4 is 5.32 Å². The summed E-state index contributed by atoms with van der Waals surface area (Å²) in [6.45, 7) is 1.38. The van der Waals surface area contributed by atoms with Gasteiger partial charge in [0.1, 0.15) is 0 Å². The van der Waals surface area contributed by atoms with E-state index in [0.29, 0.717) is 12.2 Å². The number of nitrogens with one attached hydrogen (secondary N) is 1. The predicted molar refractivity (Wildman–Crippen MR) is 59.2 cm³/mol. The van der Waals surface area contributed by atoms with Crippen molar-refractivity contribution in [3.63, 3.8) is 0 Å². The summed E-state index contributed by atoms with van der Waals surface area (Å²) in [5.74, 6) is 0. The Morgan fingerprint density at radius 1 is 1.50 bits per heavy atom. The number of anilines is 1. The molecule has 0 amide bonds. The molecule has 0 spiro atoms. The van der Waals surface area contributed by atoms with E-state index in [2.05, 4.69) is 27.3 Å². The van der Waals surface area contributed by atoms with Crippen molar-refractivity contribution >= 4 is 21.6 Å². The topological polar surface area (TPSA) is 45.0 Å². The second kappa shape index (κ2) is 5.63. The first kappa shape index (κ1) is 11.0. The number of rotatable bonds is 4. The molecule has 1 aromatic carbocycles. The van der Waals surface area contributed by atoms with Crippen molar-refractivity contribution in [1.29, 1.82) is 5.26 Å². The van der Waals surface area contributed by atoms with E-state index < -0.39 is 0 Å². The Kier molecular flexibility index (Phi) is 4.44. The molecule has 0 heterocycles. The van der Waals surface area contributed by atoms with E-state index in [-0.39, 0.29) is 0 Å². The van der Waals surface area contributed by atoms with Gasteiger partial charge in [0, 0.05) is 23.8 Å². The Bertz CT molecular complexity index is 346. The minimum atomic E-state index is 0.638. The molecule has 0 atom stereocenters. The zero-order chi connectivity index (χ0) is 10.4. The zero-order valence-electron chi connectivity index (χ0n) is 7.88. The van der Waals surface area contributed by atoms with Crippen molar-refractivity contribution in [2.75, 3.05) is 25.6 Å². The maximum atomic E-state index is 8.73. The molecule has 0 aliphatic heterocycles. The third-order valence-electron chi connectivity index (χ3n) is 1.66. The largest absolute Gasteiger partial charge is 0.383 e. The molecule has 1 aromatic rings. The Hall–Kier alpha value is -1.05. The normalized spacial score (nSPS) is 9.50. The van der Waals surface area contributed by atoms with Crippen molar-refractivity contribution in [2.45, 2.75) is 0 Å². The van der Waals surface area contributed by atoms with Crippen LogP contribution in [0.15, 0.2) is 22.7 Å². The number of hydrogen-bond acceptors (Lipinski definition) is 3. The third-order valence-corrected chi connectivity index (χ3v) is 2.12. The Balaban J connectivity index is 2.68. The van der Waals surface area contributed by atoms with Crippen LogP contribution in [0.1, 0.15) is 5.56 Å². The number of halogens is 1. The van der Waals surface area contributed by atoms with Gasteiger partial charge in [0.15, 0.2) is 0 Å². The fourth-order valence-corrected chi connectivity index (χ4v) is 1.55. The van der Waals surface area contributed by atoms with E-state index >= 15 is 0 Å². The fraction of sp³-hybridized carbons (Fsp3) is 0.300. The summed E-state index contributed by atoms with van der Waals surface area (Å²) in [5, 5.41) is 11.9. The molecule has 4 heteroatoms. The quantitative estimate of drug-likeness (QED) is 0.840. The zero-order valence-corrected chi connectivity index (χ0v) is 9.47. The fourth-order valence-electron chi connectivity index (χ4n) is 1.05. The number of benzene rings is 1. The highest BCUT2D eigenvalue weighted by atomic mass is 79.9. The molecule has 0 aliphatic rings. The number of nitriles is 1. The number of methoxy groups -OCH3 is 1. The van der Waals surface area contributed by atoms with Gasteiger partial charge in [-0.05, 0) is 18.2 Å². The summed E-state index contributed by atoms with van der Waals surface area (Å²) >= 11 is 3.34. The van der Waals surface area contributed by atoms with Gasteiger partial charge in [0.2, 0.25) is 0 Å². The van der Waals surface area contributed by atoms with Crippen LogP contribution in [-0.2, 0) is 4.74 Å². The Labute approximate surface area is 91.8 Å².